The van der Waals surface area contributed by atoms with Crippen molar-refractivity contribution in [1.29, 1.82) is 0 Å². The molecule has 3 N–H and O–H groups in total. The molecule has 0 bridgehead atoms. The number of nitrogens with one attached hydrogen (secondary N) is 1. The summed E-state index contributed by atoms with van der Waals surface area (Å²) >= 11 is 5.95. The summed E-state index contributed by atoms with van der Waals surface area (Å²) in [5, 5.41) is 3.81. The Bertz CT molecular complexity index is 499. The summed E-state index contributed by atoms with van der Waals surface area (Å²) in [7, 11) is 0. The molecule has 0 aliphatic rings. The normalized spacial score (nSPS) is 10.3. The minimum atomic E-state index is 0.620. The lowest BCUT2D eigenvalue weighted by Gasteiger charge is -2.05. The first-order chi connectivity index (χ1) is 8.79. The van der Waals surface area contributed by atoms with Gasteiger partial charge in [0.15, 0.2) is 0 Å². The molecule has 0 fully saturated rings. The lowest BCUT2D eigenvalue weighted by Crippen LogP contribution is -2.10. The molecule has 4 nitrogen and oxygen atoms in total. The first-order valence-electron chi connectivity index (χ1n) is 5.81. The fourth-order valence-corrected chi connectivity index (χ4v) is 1.73. The Morgan fingerprint density at radius 3 is 2.61 bits per heavy atom. The minimum absolute atomic E-state index is 0.620. The second-order valence-electron chi connectivity index (χ2n) is 3.87. The molecule has 0 atom stereocenters. The average molecular weight is 263 g/mol. The quantitative estimate of drug-likeness (QED) is 0.813. The highest BCUT2D eigenvalue weighted by Crippen LogP contribution is 2.21. The Morgan fingerprint density at radius 2 is 1.94 bits per heavy atom. The van der Waals surface area contributed by atoms with Crippen molar-refractivity contribution in [2.45, 2.75) is 6.42 Å². The molecule has 0 aliphatic heterocycles. The third-order valence-corrected chi connectivity index (χ3v) is 2.71. The van der Waals surface area contributed by atoms with Gasteiger partial charge in [-0.15, -0.1) is 0 Å². The predicted octanol–water partition coefficient (Wildman–Crippen LogP) is 2.56. The van der Waals surface area contributed by atoms with E-state index in [0.717, 1.165) is 24.1 Å². The molecule has 0 saturated carbocycles. The minimum Gasteiger partial charge on any atom is -0.354 e. The molecule has 94 valence electrons. The largest absolute Gasteiger partial charge is 0.354 e. The highest BCUT2D eigenvalue weighted by Gasteiger charge is 2.00. The van der Waals surface area contributed by atoms with Gasteiger partial charge in [-0.25, -0.2) is 9.97 Å². The van der Waals surface area contributed by atoms with Crippen LogP contribution in [0.4, 0.5) is 5.95 Å². The van der Waals surface area contributed by atoms with Crippen LogP contribution in [0.2, 0.25) is 5.02 Å². The van der Waals surface area contributed by atoms with Crippen molar-refractivity contribution in [2.75, 3.05) is 18.4 Å². The van der Waals surface area contributed by atoms with Crippen LogP contribution in [0.15, 0.2) is 36.7 Å². The van der Waals surface area contributed by atoms with Gasteiger partial charge in [-0.1, -0.05) is 23.7 Å². The van der Waals surface area contributed by atoms with Gasteiger partial charge in [0.05, 0.1) is 0 Å². The van der Waals surface area contributed by atoms with E-state index < -0.39 is 0 Å². The van der Waals surface area contributed by atoms with Crippen LogP contribution < -0.4 is 11.1 Å². The van der Waals surface area contributed by atoms with E-state index in [1.807, 2.05) is 24.3 Å². The van der Waals surface area contributed by atoms with Crippen molar-refractivity contribution in [3.63, 3.8) is 0 Å². The van der Waals surface area contributed by atoms with Gasteiger partial charge in [-0.2, -0.15) is 0 Å². The van der Waals surface area contributed by atoms with Crippen molar-refractivity contribution in [1.82, 2.24) is 9.97 Å². The Hall–Kier alpha value is -1.65. The second-order valence-corrected chi connectivity index (χ2v) is 4.31. The Morgan fingerprint density at radius 1 is 1.17 bits per heavy atom. The van der Waals surface area contributed by atoms with Crippen LogP contribution in [0.1, 0.15) is 6.42 Å². The monoisotopic (exact) mass is 262 g/mol. The van der Waals surface area contributed by atoms with Crippen molar-refractivity contribution in [3.05, 3.63) is 41.7 Å². The van der Waals surface area contributed by atoms with Crippen molar-refractivity contribution in [3.8, 4) is 11.1 Å². The van der Waals surface area contributed by atoms with E-state index in [2.05, 4.69) is 15.3 Å². The second kappa shape index (κ2) is 6.33. The third kappa shape index (κ3) is 3.42. The number of nitrogens with two attached hydrogens (primary N) is 1. The molecular weight excluding hydrogens is 248 g/mol. The number of halogens is 1. The zero-order valence-corrected chi connectivity index (χ0v) is 10.7. The molecule has 18 heavy (non-hydrogen) atoms. The summed E-state index contributed by atoms with van der Waals surface area (Å²) in [6, 6.07) is 7.62. The zero-order valence-electron chi connectivity index (χ0n) is 9.94. The summed E-state index contributed by atoms with van der Waals surface area (Å²) in [6.07, 6.45) is 4.46. The number of aromatic nitrogens is 2. The van der Waals surface area contributed by atoms with Gasteiger partial charge in [0.25, 0.3) is 0 Å². The van der Waals surface area contributed by atoms with Gasteiger partial charge >= 0.3 is 0 Å². The molecule has 0 amide bonds. The fourth-order valence-electron chi connectivity index (χ4n) is 1.54. The van der Waals surface area contributed by atoms with E-state index in [1.165, 1.54) is 0 Å². The third-order valence-electron chi connectivity index (χ3n) is 2.47. The van der Waals surface area contributed by atoms with Crippen molar-refractivity contribution >= 4 is 17.5 Å². The summed E-state index contributed by atoms with van der Waals surface area (Å²) < 4.78 is 0. The van der Waals surface area contributed by atoms with Gasteiger partial charge < -0.3 is 11.1 Å². The molecule has 0 unspecified atom stereocenters. The molecular formula is C13H15ClN4. The summed E-state index contributed by atoms with van der Waals surface area (Å²) in [5.41, 5.74) is 7.37. The maximum absolute atomic E-state index is 5.95. The Kier molecular flexibility index (Phi) is 4.50. The Labute approximate surface area is 111 Å². The zero-order chi connectivity index (χ0) is 12.8. The lowest BCUT2D eigenvalue weighted by molar-refractivity contribution is 0.864. The first-order valence-corrected chi connectivity index (χ1v) is 6.19. The molecule has 1 heterocycles. The van der Waals surface area contributed by atoms with E-state index in [1.54, 1.807) is 12.4 Å². The van der Waals surface area contributed by atoms with Gasteiger partial charge in [-0.3, -0.25) is 0 Å². The molecule has 0 aliphatic carbocycles. The maximum atomic E-state index is 5.95. The molecule has 5 heteroatoms. The predicted molar refractivity (Wildman–Crippen MR) is 74.6 cm³/mol. The van der Waals surface area contributed by atoms with Crippen molar-refractivity contribution < 1.29 is 0 Å². The number of hydrogen-bond acceptors (Lipinski definition) is 4. The van der Waals surface area contributed by atoms with Crippen LogP contribution in [0.25, 0.3) is 11.1 Å². The average Bonchev–Trinajstić information content (AvgIpc) is 2.40. The van der Waals surface area contributed by atoms with Gasteiger partial charge in [0, 0.05) is 29.5 Å². The number of anilines is 1. The topological polar surface area (TPSA) is 63.8 Å². The number of nitrogens with zero attached hydrogens (tertiary/aromatic N) is 2. The van der Waals surface area contributed by atoms with Crippen LogP contribution in [-0.2, 0) is 0 Å². The standard InChI is InChI=1S/C13H15ClN4/c14-12-4-1-3-10(7-12)11-8-17-13(18-9-11)16-6-2-5-15/h1,3-4,7-9H,2,5-6,15H2,(H,16,17,18). The summed E-state index contributed by atoms with van der Waals surface area (Å²) in [4.78, 5) is 8.50. The molecule has 1 aromatic heterocycles. The van der Waals surface area contributed by atoms with E-state index >= 15 is 0 Å². The summed E-state index contributed by atoms with van der Waals surface area (Å²) in [6.45, 7) is 1.45. The van der Waals surface area contributed by atoms with Crippen LogP contribution in [0.3, 0.4) is 0 Å². The van der Waals surface area contributed by atoms with Crippen LogP contribution in [0.5, 0.6) is 0 Å². The van der Waals surface area contributed by atoms with E-state index in [0.29, 0.717) is 17.5 Å². The van der Waals surface area contributed by atoms with Gasteiger partial charge in [0.2, 0.25) is 5.95 Å². The van der Waals surface area contributed by atoms with E-state index in [4.69, 9.17) is 17.3 Å². The highest BCUT2D eigenvalue weighted by molar-refractivity contribution is 6.30. The maximum Gasteiger partial charge on any atom is 0.222 e. The summed E-state index contributed by atoms with van der Waals surface area (Å²) in [5.74, 6) is 0.620. The number of hydrogen-bond donors (Lipinski definition) is 2. The van der Waals surface area contributed by atoms with Gasteiger partial charge in [-0.05, 0) is 30.7 Å². The SMILES string of the molecule is NCCCNc1ncc(-c2cccc(Cl)c2)cn1. The van der Waals surface area contributed by atoms with E-state index in [-0.39, 0.29) is 0 Å². The highest BCUT2D eigenvalue weighted by atomic mass is 35.5. The van der Waals surface area contributed by atoms with Crippen LogP contribution in [0, 0.1) is 0 Å². The molecule has 2 rings (SSSR count). The molecule has 0 radical (unpaired) electrons. The van der Waals surface area contributed by atoms with Crippen LogP contribution in [-0.4, -0.2) is 23.1 Å². The van der Waals surface area contributed by atoms with Crippen molar-refractivity contribution in [2.24, 2.45) is 5.73 Å². The van der Waals surface area contributed by atoms with E-state index in [9.17, 15) is 0 Å². The van der Waals surface area contributed by atoms with Crippen LogP contribution >= 0.6 is 11.6 Å². The fraction of sp³-hybridized carbons (Fsp3) is 0.231. The smallest absolute Gasteiger partial charge is 0.222 e. The first kappa shape index (κ1) is 12.8. The molecule has 0 saturated heterocycles. The molecule has 0 spiro atoms. The lowest BCUT2D eigenvalue weighted by atomic mass is 10.1. The molecule has 2 aromatic rings. The Balaban J connectivity index is 2.07. The number of benzene rings is 1. The van der Waals surface area contributed by atoms with Gasteiger partial charge in [0.1, 0.15) is 0 Å². The molecule has 1 aromatic carbocycles. The number of rotatable bonds is 5.